The SMILES string of the molecule is CSc1cccc(NC(=O)c2ccc(CN3CCCCCC3)cc2)c1. The van der Waals surface area contributed by atoms with Crippen LogP contribution in [-0.4, -0.2) is 30.2 Å². The van der Waals surface area contributed by atoms with Gasteiger partial charge in [0.2, 0.25) is 0 Å². The van der Waals surface area contributed by atoms with Crippen LogP contribution in [0.25, 0.3) is 0 Å². The second-order valence-electron chi connectivity index (χ2n) is 6.57. The predicted octanol–water partition coefficient (Wildman–Crippen LogP) is 5.04. The van der Waals surface area contributed by atoms with E-state index in [1.807, 2.05) is 42.7 Å². The summed E-state index contributed by atoms with van der Waals surface area (Å²) in [6.07, 6.45) is 7.34. The van der Waals surface area contributed by atoms with Gasteiger partial charge in [0.05, 0.1) is 0 Å². The van der Waals surface area contributed by atoms with Gasteiger partial charge in [-0.25, -0.2) is 0 Å². The minimum Gasteiger partial charge on any atom is -0.322 e. The molecule has 1 saturated heterocycles. The maximum Gasteiger partial charge on any atom is 0.255 e. The van der Waals surface area contributed by atoms with Crippen molar-refractivity contribution in [2.75, 3.05) is 24.7 Å². The van der Waals surface area contributed by atoms with Crippen LogP contribution in [0.15, 0.2) is 53.4 Å². The zero-order valence-electron chi connectivity index (χ0n) is 14.8. The highest BCUT2D eigenvalue weighted by Crippen LogP contribution is 2.20. The maximum atomic E-state index is 12.4. The first-order valence-electron chi connectivity index (χ1n) is 9.01. The van der Waals surface area contributed by atoms with Crippen molar-refractivity contribution in [2.24, 2.45) is 0 Å². The minimum atomic E-state index is -0.0559. The second kappa shape index (κ2) is 9.07. The van der Waals surface area contributed by atoms with Crippen LogP contribution < -0.4 is 5.32 Å². The van der Waals surface area contributed by atoms with E-state index in [1.165, 1.54) is 44.3 Å². The van der Waals surface area contributed by atoms with Crippen LogP contribution in [0.3, 0.4) is 0 Å². The van der Waals surface area contributed by atoms with E-state index in [9.17, 15) is 4.79 Å². The molecule has 0 saturated carbocycles. The maximum absolute atomic E-state index is 12.4. The van der Waals surface area contributed by atoms with E-state index >= 15 is 0 Å². The molecule has 1 N–H and O–H groups in total. The Hall–Kier alpha value is -1.78. The Morgan fingerprint density at radius 3 is 2.44 bits per heavy atom. The van der Waals surface area contributed by atoms with Crippen LogP contribution in [0.1, 0.15) is 41.6 Å². The lowest BCUT2D eigenvalue weighted by molar-refractivity contribution is 0.102. The Morgan fingerprint density at radius 2 is 1.76 bits per heavy atom. The molecule has 25 heavy (non-hydrogen) atoms. The number of amides is 1. The minimum absolute atomic E-state index is 0.0559. The van der Waals surface area contributed by atoms with E-state index in [1.54, 1.807) is 11.8 Å². The standard InChI is InChI=1S/C21H26N2OS/c1-25-20-8-6-7-19(15-20)22-21(24)18-11-9-17(10-12-18)16-23-13-4-2-3-5-14-23/h6-12,15H,2-5,13-14,16H2,1H3,(H,22,24). The van der Waals surface area contributed by atoms with Crippen molar-refractivity contribution in [1.82, 2.24) is 4.90 Å². The average Bonchev–Trinajstić information content (AvgIpc) is 2.91. The molecule has 0 radical (unpaired) electrons. The first-order valence-corrected chi connectivity index (χ1v) is 10.2. The van der Waals surface area contributed by atoms with Gasteiger partial charge in [-0.15, -0.1) is 11.8 Å². The summed E-state index contributed by atoms with van der Waals surface area (Å²) >= 11 is 1.67. The summed E-state index contributed by atoms with van der Waals surface area (Å²) in [4.78, 5) is 16.1. The van der Waals surface area contributed by atoms with Crippen molar-refractivity contribution in [2.45, 2.75) is 37.1 Å². The largest absolute Gasteiger partial charge is 0.322 e. The van der Waals surface area contributed by atoms with Crippen molar-refractivity contribution >= 4 is 23.4 Å². The molecule has 1 heterocycles. The van der Waals surface area contributed by atoms with Gasteiger partial charge < -0.3 is 5.32 Å². The molecule has 132 valence electrons. The molecule has 3 rings (SSSR count). The van der Waals surface area contributed by atoms with Crippen molar-refractivity contribution in [3.63, 3.8) is 0 Å². The molecular formula is C21H26N2OS. The van der Waals surface area contributed by atoms with E-state index in [0.29, 0.717) is 5.56 Å². The monoisotopic (exact) mass is 354 g/mol. The number of benzene rings is 2. The molecule has 4 heteroatoms. The van der Waals surface area contributed by atoms with Gasteiger partial charge in [0, 0.05) is 22.7 Å². The fourth-order valence-electron chi connectivity index (χ4n) is 3.22. The van der Waals surface area contributed by atoms with Gasteiger partial charge in [0.25, 0.3) is 5.91 Å². The molecule has 0 aromatic heterocycles. The summed E-state index contributed by atoms with van der Waals surface area (Å²) in [5.41, 5.74) is 2.82. The van der Waals surface area contributed by atoms with E-state index in [2.05, 4.69) is 22.3 Å². The number of rotatable bonds is 5. The average molecular weight is 355 g/mol. The second-order valence-corrected chi connectivity index (χ2v) is 7.45. The van der Waals surface area contributed by atoms with Gasteiger partial charge in [-0.3, -0.25) is 9.69 Å². The fraction of sp³-hybridized carbons (Fsp3) is 0.381. The summed E-state index contributed by atoms with van der Waals surface area (Å²) < 4.78 is 0. The molecule has 0 bridgehead atoms. The number of carbonyl (C=O) groups excluding carboxylic acids is 1. The lowest BCUT2D eigenvalue weighted by Gasteiger charge is -2.19. The lowest BCUT2D eigenvalue weighted by atomic mass is 10.1. The number of hydrogen-bond acceptors (Lipinski definition) is 3. The van der Waals surface area contributed by atoms with E-state index in [4.69, 9.17) is 0 Å². The highest BCUT2D eigenvalue weighted by atomic mass is 32.2. The lowest BCUT2D eigenvalue weighted by Crippen LogP contribution is -2.24. The number of hydrogen-bond donors (Lipinski definition) is 1. The number of thioether (sulfide) groups is 1. The Balaban J connectivity index is 1.59. The first kappa shape index (κ1) is 18.0. The van der Waals surface area contributed by atoms with Crippen molar-refractivity contribution in [1.29, 1.82) is 0 Å². The van der Waals surface area contributed by atoms with E-state index in [-0.39, 0.29) is 5.91 Å². The van der Waals surface area contributed by atoms with Gasteiger partial charge in [-0.2, -0.15) is 0 Å². The number of likely N-dealkylation sites (tertiary alicyclic amines) is 1. The topological polar surface area (TPSA) is 32.3 Å². The van der Waals surface area contributed by atoms with Gasteiger partial charge >= 0.3 is 0 Å². The number of nitrogens with one attached hydrogen (secondary N) is 1. The number of nitrogens with zero attached hydrogens (tertiary/aromatic N) is 1. The predicted molar refractivity (Wildman–Crippen MR) is 106 cm³/mol. The van der Waals surface area contributed by atoms with Gasteiger partial charge in [-0.05, 0) is 68.1 Å². The number of anilines is 1. The Bertz CT molecular complexity index is 691. The molecule has 3 nitrogen and oxygen atoms in total. The smallest absolute Gasteiger partial charge is 0.255 e. The van der Waals surface area contributed by atoms with Crippen LogP contribution in [-0.2, 0) is 6.54 Å². The Kier molecular flexibility index (Phi) is 6.54. The molecule has 0 aliphatic carbocycles. The van der Waals surface area contributed by atoms with Crippen LogP contribution >= 0.6 is 11.8 Å². The van der Waals surface area contributed by atoms with Crippen LogP contribution in [0.5, 0.6) is 0 Å². The molecule has 0 atom stereocenters. The molecule has 1 aliphatic rings. The molecule has 2 aromatic rings. The van der Waals surface area contributed by atoms with Crippen LogP contribution in [0.4, 0.5) is 5.69 Å². The molecule has 2 aromatic carbocycles. The summed E-state index contributed by atoms with van der Waals surface area (Å²) in [6, 6.07) is 15.9. The first-order chi connectivity index (χ1) is 12.2. The third-order valence-corrected chi connectivity index (χ3v) is 5.37. The molecule has 1 aliphatic heterocycles. The van der Waals surface area contributed by atoms with Gasteiger partial charge in [0.1, 0.15) is 0 Å². The van der Waals surface area contributed by atoms with Gasteiger partial charge in [-0.1, -0.05) is 31.0 Å². The third kappa shape index (κ3) is 5.35. The quantitative estimate of drug-likeness (QED) is 0.764. The molecule has 0 unspecified atom stereocenters. The van der Waals surface area contributed by atoms with Gasteiger partial charge in [0.15, 0.2) is 0 Å². The Labute approximate surface area is 154 Å². The molecular weight excluding hydrogens is 328 g/mol. The molecule has 1 amide bonds. The van der Waals surface area contributed by atoms with E-state index < -0.39 is 0 Å². The summed E-state index contributed by atoms with van der Waals surface area (Å²) in [6.45, 7) is 3.36. The highest BCUT2D eigenvalue weighted by Gasteiger charge is 2.11. The van der Waals surface area contributed by atoms with Crippen molar-refractivity contribution in [3.05, 3.63) is 59.7 Å². The zero-order valence-corrected chi connectivity index (χ0v) is 15.6. The zero-order chi connectivity index (χ0) is 17.5. The fourth-order valence-corrected chi connectivity index (χ4v) is 3.68. The number of carbonyl (C=O) groups is 1. The molecule has 1 fully saturated rings. The Morgan fingerprint density at radius 1 is 1.04 bits per heavy atom. The highest BCUT2D eigenvalue weighted by molar-refractivity contribution is 7.98. The summed E-state index contributed by atoms with van der Waals surface area (Å²) in [5, 5.41) is 2.98. The summed E-state index contributed by atoms with van der Waals surface area (Å²) in [5.74, 6) is -0.0559. The van der Waals surface area contributed by atoms with Crippen molar-refractivity contribution < 1.29 is 4.79 Å². The van der Waals surface area contributed by atoms with Crippen LogP contribution in [0, 0.1) is 0 Å². The van der Waals surface area contributed by atoms with Crippen LogP contribution in [0.2, 0.25) is 0 Å². The third-order valence-electron chi connectivity index (χ3n) is 4.65. The molecule has 0 spiro atoms. The summed E-state index contributed by atoms with van der Waals surface area (Å²) in [7, 11) is 0. The van der Waals surface area contributed by atoms with E-state index in [0.717, 1.165) is 17.1 Å². The van der Waals surface area contributed by atoms with Crippen molar-refractivity contribution in [3.8, 4) is 0 Å². The normalized spacial score (nSPS) is 15.6.